The smallest absolute Gasteiger partial charge is 0.340 e. The summed E-state index contributed by atoms with van der Waals surface area (Å²) in [4.78, 5) is 32.4. The van der Waals surface area contributed by atoms with E-state index < -0.39 is 5.97 Å². The van der Waals surface area contributed by atoms with Crippen LogP contribution in [0.2, 0.25) is 0 Å². The van der Waals surface area contributed by atoms with Crippen molar-refractivity contribution in [2.24, 2.45) is 0 Å². The maximum absolute atomic E-state index is 13.1. The van der Waals surface area contributed by atoms with Crippen molar-refractivity contribution in [3.63, 3.8) is 0 Å². The molecule has 30 heavy (non-hydrogen) atoms. The van der Waals surface area contributed by atoms with Gasteiger partial charge in [0.25, 0.3) is 5.91 Å². The summed E-state index contributed by atoms with van der Waals surface area (Å²) in [6.07, 6.45) is 3.05. The molecule has 1 unspecified atom stereocenters. The van der Waals surface area contributed by atoms with Crippen molar-refractivity contribution in [2.45, 2.75) is 26.4 Å². The molecule has 9 nitrogen and oxygen atoms in total. The largest absolute Gasteiger partial charge is 0.460 e. The van der Waals surface area contributed by atoms with Crippen LogP contribution in [0.25, 0.3) is 0 Å². The molecule has 0 bridgehead atoms. The van der Waals surface area contributed by atoms with Gasteiger partial charge >= 0.3 is 5.97 Å². The number of esters is 1. The number of aromatic amines is 1. The molecule has 0 aliphatic carbocycles. The first-order chi connectivity index (χ1) is 14.5. The topological polar surface area (TPSA) is 111 Å². The van der Waals surface area contributed by atoms with Gasteiger partial charge in [-0.05, 0) is 25.0 Å². The fraction of sp³-hybridized carbons (Fsp3) is 0.333. The number of nitrogens with one attached hydrogen (secondary N) is 2. The SMILES string of the molecule is COCCOC(=O)c1c(C)[nH]c(C(=O)NC(Cn2cncn2)c2ccccc2)c1C. The van der Waals surface area contributed by atoms with Crippen molar-refractivity contribution in [1.82, 2.24) is 25.1 Å². The molecule has 158 valence electrons. The minimum absolute atomic E-state index is 0.148. The monoisotopic (exact) mass is 411 g/mol. The van der Waals surface area contributed by atoms with Crippen LogP contribution in [-0.2, 0) is 16.0 Å². The number of ether oxygens (including phenoxy) is 2. The van der Waals surface area contributed by atoms with E-state index in [-0.39, 0.29) is 18.6 Å². The summed E-state index contributed by atoms with van der Waals surface area (Å²) in [6.45, 7) is 4.33. The summed E-state index contributed by atoms with van der Waals surface area (Å²) in [5, 5.41) is 7.16. The van der Waals surface area contributed by atoms with E-state index in [1.165, 1.54) is 13.4 Å². The lowest BCUT2D eigenvalue weighted by atomic mass is 10.1. The van der Waals surface area contributed by atoms with E-state index in [1.807, 2.05) is 30.3 Å². The van der Waals surface area contributed by atoms with Crippen LogP contribution in [0.5, 0.6) is 0 Å². The molecular weight excluding hydrogens is 386 g/mol. The van der Waals surface area contributed by atoms with E-state index in [9.17, 15) is 9.59 Å². The van der Waals surface area contributed by atoms with Gasteiger partial charge in [-0.15, -0.1) is 0 Å². The van der Waals surface area contributed by atoms with Crippen molar-refractivity contribution < 1.29 is 19.1 Å². The highest BCUT2D eigenvalue weighted by Gasteiger charge is 2.25. The Morgan fingerprint density at radius 3 is 2.63 bits per heavy atom. The van der Waals surface area contributed by atoms with Crippen LogP contribution >= 0.6 is 0 Å². The highest BCUT2D eigenvalue weighted by Crippen LogP contribution is 2.21. The number of benzene rings is 1. The molecule has 0 saturated carbocycles. The molecule has 2 heterocycles. The van der Waals surface area contributed by atoms with Crippen molar-refractivity contribution >= 4 is 11.9 Å². The number of amides is 1. The zero-order valence-electron chi connectivity index (χ0n) is 17.2. The Balaban J connectivity index is 1.80. The Kier molecular flexibility index (Phi) is 6.97. The second-order valence-electron chi connectivity index (χ2n) is 6.81. The predicted molar refractivity (Wildman–Crippen MR) is 109 cm³/mol. The minimum Gasteiger partial charge on any atom is -0.460 e. The zero-order chi connectivity index (χ0) is 21.5. The van der Waals surface area contributed by atoms with E-state index >= 15 is 0 Å². The molecule has 2 N–H and O–H groups in total. The van der Waals surface area contributed by atoms with Gasteiger partial charge in [-0.25, -0.2) is 9.78 Å². The molecule has 3 aromatic rings. The molecule has 1 aromatic carbocycles. The number of hydrogen-bond acceptors (Lipinski definition) is 6. The standard InChI is InChI=1S/C21H25N5O4/c1-14-18(21(28)30-10-9-29-3)15(2)24-19(14)20(27)25-17(11-26-13-22-12-23-26)16-7-5-4-6-8-16/h4-8,12-13,17,24H,9-11H2,1-3H3,(H,25,27). The van der Waals surface area contributed by atoms with Crippen LogP contribution in [0, 0.1) is 13.8 Å². The Hall–Kier alpha value is -3.46. The van der Waals surface area contributed by atoms with Gasteiger partial charge in [0.05, 0.1) is 24.8 Å². The molecule has 0 aliphatic rings. The number of H-pyrrole nitrogens is 1. The van der Waals surface area contributed by atoms with Crippen LogP contribution in [-0.4, -0.2) is 51.9 Å². The normalized spacial score (nSPS) is 11.8. The average molecular weight is 411 g/mol. The summed E-state index contributed by atoms with van der Waals surface area (Å²) in [5.74, 6) is -0.805. The second kappa shape index (κ2) is 9.84. The lowest BCUT2D eigenvalue weighted by molar-refractivity contribution is 0.0387. The molecule has 0 saturated heterocycles. The Morgan fingerprint density at radius 1 is 1.20 bits per heavy atom. The third kappa shape index (κ3) is 4.93. The average Bonchev–Trinajstić information content (AvgIpc) is 3.35. The molecule has 1 atom stereocenters. The van der Waals surface area contributed by atoms with Crippen LogP contribution in [0.3, 0.4) is 0 Å². The fourth-order valence-electron chi connectivity index (χ4n) is 3.24. The van der Waals surface area contributed by atoms with Crippen molar-refractivity contribution in [2.75, 3.05) is 20.3 Å². The summed E-state index contributed by atoms with van der Waals surface area (Å²) in [5.41, 5.74) is 2.74. The van der Waals surface area contributed by atoms with E-state index in [4.69, 9.17) is 9.47 Å². The first kappa shape index (κ1) is 21.3. The van der Waals surface area contributed by atoms with Gasteiger partial charge in [0.1, 0.15) is 25.0 Å². The first-order valence-electron chi connectivity index (χ1n) is 9.54. The number of carbonyl (C=O) groups is 2. The van der Waals surface area contributed by atoms with E-state index in [1.54, 1.807) is 24.9 Å². The van der Waals surface area contributed by atoms with Gasteiger partial charge < -0.3 is 19.8 Å². The maximum atomic E-state index is 13.1. The van der Waals surface area contributed by atoms with Gasteiger partial charge in [-0.1, -0.05) is 30.3 Å². The summed E-state index contributed by atoms with van der Waals surface area (Å²) < 4.78 is 11.8. The van der Waals surface area contributed by atoms with Crippen LogP contribution in [0.1, 0.15) is 43.7 Å². The predicted octanol–water partition coefficient (Wildman–Crippen LogP) is 2.20. The molecule has 0 fully saturated rings. The lowest BCUT2D eigenvalue weighted by Crippen LogP contribution is -2.32. The number of aromatic nitrogens is 4. The highest BCUT2D eigenvalue weighted by atomic mass is 16.6. The van der Waals surface area contributed by atoms with Crippen molar-refractivity contribution in [1.29, 1.82) is 0 Å². The minimum atomic E-state index is -0.487. The lowest BCUT2D eigenvalue weighted by Gasteiger charge is -2.19. The molecule has 1 amide bonds. The van der Waals surface area contributed by atoms with E-state index in [2.05, 4.69) is 20.4 Å². The van der Waals surface area contributed by atoms with Gasteiger partial charge in [0.15, 0.2) is 0 Å². The molecule has 9 heteroatoms. The maximum Gasteiger partial charge on any atom is 0.340 e. The molecule has 0 aliphatic heterocycles. The fourth-order valence-corrected chi connectivity index (χ4v) is 3.24. The molecule has 0 spiro atoms. The van der Waals surface area contributed by atoms with Gasteiger partial charge in [-0.2, -0.15) is 5.10 Å². The van der Waals surface area contributed by atoms with Gasteiger partial charge in [0.2, 0.25) is 0 Å². The highest BCUT2D eigenvalue weighted by molar-refractivity contribution is 6.00. The van der Waals surface area contributed by atoms with E-state index in [0.717, 1.165) is 5.56 Å². The molecule has 2 aromatic heterocycles. The van der Waals surface area contributed by atoms with Gasteiger partial charge in [-0.3, -0.25) is 9.48 Å². The van der Waals surface area contributed by atoms with Crippen molar-refractivity contribution in [3.05, 3.63) is 71.1 Å². The first-order valence-corrected chi connectivity index (χ1v) is 9.54. The van der Waals surface area contributed by atoms with Crippen LogP contribution < -0.4 is 5.32 Å². The van der Waals surface area contributed by atoms with E-state index in [0.29, 0.717) is 35.7 Å². The molecule has 0 radical (unpaired) electrons. The molecular formula is C21H25N5O4. The number of rotatable bonds is 9. The Bertz CT molecular complexity index is 983. The van der Waals surface area contributed by atoms with Gasteiger partial charge in [0, 0.05) is 12.8 Å². The van der Waals surface area contributed by atoms with Crippen molar-refractivity contribution in [3.8, 4) is 0 Å². The zero-order valence-corrected chi connectivity index (χ0v) is 17.2. The summed E-state index contributed by atoms with van der Waals surface area (Å²) in [6, 6.07) is 9.28. The number of hydrogen-bond donors (Lipinski definition) is 2. The quantitative estimate of drug-likeness (QED) is 0.412. The number of carbonyl (C=O) groups excluding carboxylic acids is 2. The second-order valence-corrected chi connectivity index (χ2v) is 6.81. The Morgan fingerprint density at radius 2 is 1.97 bits per heavy atom. The third-order valence-electron chi connectivity index (χ3n) is 4.73. The molecule has 3 rings (SSSR count). The number of nitrogens with zero attached hydrogens (tertiary/aromatic N) is 3. The summed E-state index contributed by atoms with van der Waals surface area (Å²) in [7, 11) is 1.53. The van der Waals surface area contributed by atoms with Crippen LogP contribution in [0.15, 0.2) is 43.0 Å². The van der Waals surface area contributed by atoms with Crippen LogP contribution in [0.4, 0.5) is 0 Å². The number of methoxy groups -OCH3 is 1. The number of aryl methyl sites for hydroxylation is 1. The Labute approximate surface area is 174 Å². The third-order valence-corrected chi connectivity index (χ3v) is 4.73. The summed E-state index contributed by atoms with van der Waals surface area (Å²) >= 11 is 0.